The molecule has 2 aliphatic heterocycles. The first kappa shape index (κ1) is 14.2. The number of H-pyrrole nitrogens is 1. The van der Waals surface area contributed by atoms with E-state index in [0.29, 0.717) is 12.0 Å². The average Bonchev–Trinajstić information content (AvgIpc) is 3.20. The summed E-state index contributed by atoms with van der Waals surface area (Å²) in [5.74, 6) is 1.75. The van der Waals surface area contributed by atoms with Gasteiger partial charge in [-0.3, -0.25) is 4.79 Å². The molecule has 4 rings (SSSR count). The lowest BCUT2D eigenvalue weighted by Gasteiger charge is -2.38. The number of nitrogens with zero attached hydrogens (tertiary/aromatic N) is 4. The molecule has 2 aromatic heterocycles. The fraction of sp³-hybridized carbons (Fsp3) is 0.471. The van der Waals surface area contributed by atoms with Gasteiger partial charge in [-0.05, 0) is 37.8 Å². The van der Waals surface area contributed by atoms with Gasteiger partial charge in [0.05, 0.1) is 11.4 Å². The van der Waals surface area contributed by atoms with Gasteiger partial charge in [0, 0.05) is 25.8 Å². The number of allylic oxidation sites excluding steroid dienone is 1. The number of hydrogen-bond donors (Lipinski definition) is 1. The van der Waals surface area contributed by atoms with E-state index in [1.54, 1.807) is 12.4 Å². The van der Waals surface area contributed by atoms with Crippen LogP contribution in [0.5, 0.6) is 0 Å². The summed E-state index contributed by atoms with van der Waals surface area (Å²) in [6.45, 7) is 4.53. The molecule has 1 amide bonds. The summed E-state index contributed by atoms with van der Waals surface area (Å²) in [6, 6.07) is 2.38. The van der Waals surface area contributed by atoms with E-state index in [-0.39, 0.29) is 5.91 Å². The van der Waals surface area contributed by atoms with Crippen LogP contribution in [0.15, 0.2) is 30.7 Å². The largest absolute Gasteiger partial charge is 0.351 e. The third-order valence-electron chi connectivity index (χ3n) is 5.09. The van der Waals surface area contributed by atoms with Crippen LogP contribution in [0.3, 0.4) is 0 Å². The first-order chi connectivity index (χ1) is 11.3. The van der Waals surface area contributed by atoms with Gasteiger partial charge < -0.3 is 14.8 Å². The van der Waals surface area contributed by atoms with Crippen molar-refractivity contribution in [3.8, 4) is 0 Å². The molecule has 0 aliphatic carbocycles. The van der Waals surface area contributed by atoms with Crippen LogP contribution in [0.2, 0.25) is 0 Å². The number of piperidine rings is 1. The number of aromatic amines is 1. The Kier molecular flexibility index (Phi) is 3.52. The number of aromatic nitrogens is 3. The normalized spacial score (nSPS) is 24.6. The van der Waals surface area contributed by atoms with Gasteiger partial charge in [-0.15, -0.1) is 0 Å². The second-order valence-electron chi connectivity index (χ2n) is 6.32. The molecule has 0 saturated carbocycles. The van der Waals surface area contributed by atoms with E-state index in [1.807, 2.05) is 30.2 Å². The molecule has 6 nitrogen and oxygen atoms in total. The summed E-state index contributed by atoms with van der Waals surface area (Å²) < 4.78 is 0. The Labute approximate surface area is 135 Å². The molecule has 2 saturated heterocycles. The van der Waals surface area contributed by atoms with Crippen LogP contribution in [-0.4, -0.2) is 51.4 Å². The molecular weight excluding hydrogens is 290 g/mol. The first-order valence-corrected chi connectivity index (χ1v) is 8.24. The van der Waals surface area contributed by atoms with Gasteiger partial charge in [-0.1, -0.05) is 6.08 Å². The SMILES string of the molecule is CC=CC(=O)N1CC[C@@H]2CCN(c3ncnc4[nH]ccc34)[C@@H]2C1. The Hall–Kier alpha value is -2.37. The number of hydrogen-bond acceptors (Lipinski definition) is 4. The Bertz CT molecular complexity index is 752. The first-order valence-electron chi connectivity index (χ1n) is 8.24. The minimum atomic E-state index is 0.118. The standard InChI is InChI=1S/C17H21N5O/c1-2-3-15(23)21-8-5-12-6-9-22(14(12)10-21)17-13-4-7-18-16(13)19-11-20-17/h2-4,7,11-12,14H,5-6,8-10H2,1H3,(H,18,19,20)/t12-,14-/m1/s1. The molecule has 23 heavy (non-hydrogen) atoms. The van der Waals surface area contributed by atoms with E-state index in [2.05, 4.69) is 19.9 Å². The molecule has 120 valence electrons. The third kappa shape index (κ3) is 2.38. The van der Waals surface area contributed by atoms with Gasteiger partial charge >= 0.3 is 0 Å². The minimum absolute atomic E-state index is 0.118. The summed E-state index contributed by atoms with van der Waals surface area (Å²) in [5, 5.41) is 1.06. The average molecular weight is 311 g/mol. The monoisotopic (exact) mass is 311 g/mol. The van der Waals surface area contributed by atoms with Crippen molar-refractivity contribution >= 4 is 22.8 Å². The zero-order chi connectivity index (χ0) is 15.8. The highest BCUT2D eigenvalue weighted by atomic mass is 16.2. The van der Waals surface area contributed by atoms with Crippen molar-refractivity contribution in [3.05, 3.63) is 30.7 Å². The molecule has 0 unspecified atom stereocenters. The van der Waals surface area contributed by atoms with Gasteiger partial charge in [-0.25, -0.2) is 9.97 Å². The topological polar surface area (TPSA) is 65.1 Å². The molecule has 2 aromatic rings. The van der Waals surface area contributed by atoms with Crippen molar-refractivity contribution in [1.82, 2.24) is 19.9 Å². The highest BCUT2D eigenvalue weighted by Gasteiger charge is 2.40. The minimum Gasteiger partial charge on any atom is -0.351 e. The summed E-state index contributed by atoms with van der Waals surface area (Å²) in [5.41, 5.74) is 0.871. The molecule has 0 spiro atoms. The van der Waals surface area contributed by atoms with Crippen LogP contribution < -0.4 is 4.90 Å². The molecule has 1 N–H and O–H groups in total. The summed E-state index contributed by atoms with van der Waals surface area (Å²) in [4.78, 5) is 28.5. The number of amides is 1. The lowest BCUT2D eigenvalue weighted by atomic mass is 9.92. The number of fused-ring (bicyclic) bond motifs is 2. The number of anilines is 1. The predicted octanol–water partition coefficient (Wildman–Crippen LogP) is 1.96. The number of carbonyl (C=O) groups is 1. The van der Waals surface area contributed by atoms with Crippen molar-refractivity contribution in [2.45, 2.75) is 25.8 Å². The maximum absolute atomic E-state index is 12.2. The summed E-state index contributed by atoms with van der Waals surface area (Å²) in [7, 11) is 0. The van der Waals surface area contributed by atoms with Crippen LogP contribution >= 0.6 is 0 Å². The second kappa shape index (κ2) is 5.68. The van der Waals surface area contributed by atoms with Crippen molar-refractivity contribution < 1.29 is 4.79 Å². The maximum atomic E-state index is 12.2. The van der Waals surface area contributed by atoms with Gasteiger partial charge in [-0.2, -0.15) is 0 Å². The van der Waals surface area contributed by atoms with Crippen molar-refractivity contribution in [2.24, 2.45) is 5.92 Å². The van der Waals surface area contributed by atoms with Crippen molar-refractivity contribution in [2.75, 3.05) is 24.5 Å². The molecule has 2 fully saturated rings. The molecule has 2 aliphatic rings. The Balaban J connectivity index is 1.63. The fourth-order valence-corrected chi connectivity index (χ4v) is 3.94. The van der Waals surface area contributed by atoms with Gasteiger partial charge in [0.2, 0.25) is 5.91 Å². The lowest BCUT2D eigenvalue weighted by molar-refractivity contribution is -0.127. The van der Waals surface area contributed by atoms with E-state index in [4.69, 9.17) is 0 Å². The Morgan fingerprint density at radius 3 is 3.09 bits per heavy atom. The van der Waals surface area contributed by atoms with E-state index in [9.17, 15) is 4.79 Å². The number of nitrogens with one attached hydrogen (secondary N) is 1. The molecule has 0 aromatic carbocycles. The third-order valence-corrected chi connectivity index (χ3v) is 5.09. The smallest absolute Gasteiger partial charge is 0.246 e. The van der Waals surface area contributed by atoms with Crippen molar-refractivity contribution in [3.63, 3.8) is 0 Å². The summed E-state index contributed by atoms with van der Waals surface area (Å²) >= 11 is 0. The lowest BCUT2D eigenvalue weighted by Crippen LogP contribution is -2.50. The Morgan fingerprint density at radius 1 is 1.35 bits per heavy atom. The van der Waals surface area contributed by atoms with E-state index >= 15 is 0 Å². The number of carbonyl (C=O) groups excluding carboxylic acids is 1. The molecule has 0 bridgehead atoms. The van der Waals surface area contributed by atoms with E-state index < -0.39 is 0 Å². The maximum Gasteiger partial charge on any atom is 0.246 e. The molecule has 6 heteroatoms. The zero-order valence-electron chi connectivity index (χ0n) is 13.3. The van der Waals surface area contributed by atoms with Crippen molar-refractivity contribution in [1.29, 1.82) is 0 Å². The zero-order valence-corrected chi connectivity index (χ0v) is 13.3. The van der Waals surface area contributed by atoms with E-state index in [0.717, 1.165) is 42.9 Å². The molecule has 0 radical (unpaired) electrons. The molecular formula is C17H21N5O. The van der Waals surface area contributed by atoms with Gasteiger partial charge in [0.1, 0.15) is 17.8 Å². The number of likely N-dealkylation sites (tertiary alicyclic amines) is 1. The van der Waals surface area contributed by atoms with Crippen LogP contribution in [0.25, 0.3) is 11.0 Å². The summed E-state index contributed by atoms with van der Waals surface area (Å²) in [6.07, 6.45) is 9.24. The van der Waals surface area contributed by atoms with Gasteiger partial charge in [0.25, 0.3) is 0 Å². The van der Waals surface area contributed by atoms with Gasteiger partial charge in [0.15, 0.2) is 0 Å². The van der Waals surface area contributed by atoms with E-state index in [1.165, 1.54) is 6.42 Å². The molecule has 2 atom stereocenters. The van der Waals surface area contributed by atoms with Crippen LogP contribution in [0.4, 0.5) is 5.82 Å². The van der Waals surface area contributed by atoms with Crippen LogP contribution in [-0.2, 0) is 4.79 Å². The highest BCUT2D eigenvalue weighted by Crippen LogP contribution is 2.36. The second-order valence-corrected chi connectivity index (χ2v) is 6.32. The van der Waals surface area contributed by atoms with Crippen LogP contribution in [0, 0.1) is 5.92 Å². The Morgan fingerprint density at radius 2 is 2.22 bits per heavy atom. The highest BCUT2D eigenvalue weighted by molar-refractivity contribution is 5.88. The molecule has 4 heterocycles. The quantitative estimate of drug-likeness (QED) is 0.861. The van der Waals surface area contributed by atoms with Crippen LogP contribution in [0.1, 0.15) is 19.8 Å². The number of rotatable bonds is 2. The predicted molar refractivity (Wildman–Crippen MR) is 89.1 cm³/mol. The fourth-order valence-electron chi connectivity index (χ4n) is 3.94.